The number of nitrogens with zero attached hydrogens (tertiary/aromatic N) is 3. The van der Waals surface area contributed by atoms with Gasteiger partial charge in [-0.05, 0) is 68.1 Å². The molecule has 12 nitrogen and oxygen atoms in total. The van der Waals surface area contributed by atoms with Crippen molar-refractivity contribution in [2.75, 3.05) is 6.54 Å². The fourth-order valence-corrected chi connectivity index (χ4v) is 8.37. The van der Waals surface area contributed by atoms with Crippen molar-refractivity contribution in [2.24, 2.45) is 23.2 Å². The fraction of sp³-hybridized carbons (Fsp3) is 0.757. The minimum absolute atomic E-state index is 0.0292. The maximum atomic E-state index is 15.3. The van der Waals surface area contributed by atoms with E-state index in [9.17, 15) is 24.0 Å². The van der Waals surface area contributed by atoms with Gasteiger partial charge in [0, 0.05) is 25.0 Å². The molecule has 2 heterocycles. The first-order valence-corrected chi connectivity index (χ1v) is 18.9. The first kappa shape index (κ1) is 39.6. The van der Waals surface area contributed by atoms with Gasteiger partial charge in [-0.15, -0.1) is 0 Å². The van der Waals surface area contributed by atoms with Crippen LogP contribution in [0.4, 0.5) is 13.2 Å². The van der Waals surface area contributed by atoms with Crippen LogP contribution in [0.3, 0.4) is 0 Å². The quantitative estimate of drug-likeness (QED) is 0.210. The van der Waals surface area contributed by atoms with Crippen LogP contribution < -0.4 is 21.3 Å². The van der Waals surface area contributed by atoms with Crippen molar-refractivity contribution in [3.8, 4) is 0 Å². The molecule has 3 aliphatic carbocycles. The lowest BCUT2D eigenvalue weighted by Crippen LogP contribution is -2.67. The fourth-order valence-electron chi connectivity index (χ4n) is 8.37. The summed E-state index contributed by atoms with van der Waals surface area (Å²) in [7, 11) is 0. The molecule has 5 rings (SSSR count). The number of halogens is 3. The molecule has 0 bridgehead atoms. The number of alkyl halides is 3. The number of hydrogen-bond donors (Lipinski definition) is 4. The van der Waals surface area contributed by atoms with Crippen molar-refractivity contribution < 1.29 is 37.1 Å². The van der Waals surface area contributed by atoms with Gasteiger partial charge in [-0.1, -0.05) is 59.8 Å². The highest BCUT2D eigenvalue weighted by atomic mass is 19.4. The van der Waals surface area contributed by atoms with Crippen molar-refractivity contribution in [2.45, 2.75) is 147 Å². The number of ketones is 1. The van der Waals surface area contributed by atoms with E-state index in [4.69, 9.17) is 0 Å². The predicted octanol–water partition coefficient (Wildman–Crippen LogP) is 3.85. The lowest BCUT2D eigenvalue weighted by molar-refractivity contribution is -0.172. The number of Topliss-reactive ketones (excluding diaryl/α,β-unsaturated/α-hetero) is 1. The molecular formula is C37H54F3N7O5. The van der Waals surface area contributed by atoms with Crippen LogP contribution >= 0.6 is 0 Å². The summed E-state index contributed by atoms with van der Waals surface area (Å²) in [6.45, 7) is 7.03. The summed E-state index contributed by atoms with van der Waals surface area (Å²) in [5, 5.41) is 10.8. The summed E-state index contributed by atoms with van der Waals surface area (Å²) in [5.74, 6) is -4.30. The Morgan fingerprint density at radius 3 is 2.23 bits per heavy atom. The third-order valence-electron chi connectivity index (χ3n) is 11.2. The zero-order valence-electron chi connectivity index (χ0n) is 30.6. The number of aromatic nitrogens is 2. The minimum Gasteiger partial charge on any atom is -0.347 e. The molecule has 0 unspecified atom stereocenters. The maximum absolute atomic E-state index is 15.3. The van der Waals surface area contributed by atoms with E-state index in [0.29, 0.717) is 38.5 Å². The number of carbonyl (C=O) groups is 5. The maximum Gasteiger partial charge on any atom is 0.405 e. The molecular weight excluding hydrogens is 679 g/mol. The van der Waals surface area contributed by atoms with Gasteiger partial charge in [0.2, 0.25) is 17.6 Å². The SMILES string of the molecule is CCC[C@H](NC(=O)[C@@H]1[C@H]2CCC[C@H]2CN1C(=O)[C@@H](N[C@@H]([C@H](NC(=O)c1cnccn1)C1CCCCC1)C(F)(F)F)C(C)(C)C)C(=O)C(=O)NC1CC1. The molecule has 0 spiro atoms. The molecule has 7 atom stereocenters. The second kappa shape index (κ2) is 16.6. The van der Waals surface area contributed by atoms with Crippen molar-refractivity contribution in [1.29, 1.82) is 0 Å². The molecule has 0 radical (unpaired) electrons. The van der Waals surface area contributed by atoms with E-state index in [1.807, 2.05) is 6.92 Å². The summed E-state index contributed by atoms with van der Waals surface area (Å²) in [5.41, 5.74) is -1.16. The highest BCUT2D eigenvalue weighted by Gasteiger charge is 2.55. The van der Waals surface area contributed by atoms with Crippen LogP contribution in [0.5, 0.6) is 0 Å². The summed E-state index contributed by atoms with van der Waals surface area (Å²) < 4.78 is 45.9. The molecule has 3 saturated carbocycles. The molecule has 1 aromatic heterocycles. The largest absolute Gasteiger partial charge is 0.405 e. The molecule has 52 heavy (non-hydrogen) atoms. The molecule has 4 fully saturated rings. The van der Waals surface area contributed by atoms with Crippen LogP contribution in [0.2, 0.25) is 0 Å². The Kier molecular flexibility index (Phi) is 12.6. The van der Waals surface area contributed by atoms with Crippen LogP contribution in [-0.4, -0.2) is 93.3 Å². The first-order valence-electron chi connectivity index (χ1n) is 18.9. The molecule has 15 heteroatoms. The van der Waals surface area contributed by atoms with E-state index in [-0.39, 0.29) is 36.5 Å². The molecule has 1 saturated heterocycles. The Morgan fingerprint density at radius 1 is 0.923 bits per heavy atom. The van der Waals surface area contributed by atoms with Gasteiger partial charge in [-0.2, -0.15) is 13.2 Å². The number of nitrogens with one attached hydrogen (secondary N) is 4. The van der Waals surface area contributed by atoms with Gasteiger partial charge < -0.3 is 20.9 Å². The molecule has 288 valence electrons. The monoisotopic (exact) mass is 733 g/mol. The third-order valence-corrected chi connectivity index (χ3v) is 11.2. The summed E-state index contributed by atoms with van der Waals surface area (Å²) in [6, 6.07) is -7.25. The summed E-state index contributed by atoms with van der Waals surface area (Å²) >= 11 is 0. The van der Waals surface area contributed by atoms with Crippen molar-refractivity contribution >= 4 is 29.4 Å². The van der Waals surface area contributed by atoms with Crippen LogP contribution in [0.15, 0.2) is 18.6 Å². The van der Waals surface area contributed by atoms with Gasteiger partial charge in [-0.3, -0.25) is 34.3 Å². The highest BCUT2D eigenvalue weighted by Crippen LogP contribution is 2.44. The average Bonchev–Trinajstić information content (AvgIpc) is 3.66. The smallest absolute Gasteiger partial charge is 0.347 e. The molecule has 4 amide bonds. The second-order valence-corrected chi connectivity index (χ2v) is 16.2. The number of likely N-dealkylation sites (tertiary alicyclic amines) is 1. The van der Waals surface area contributed by atoms with Gasteiger partial charge in [0.15, 0.2) is 0 Å². The van der Waals surface area contributed by atoms with E-state index in [2.05, 4.69) is 31.2 Å². The highest BCUT2D eigenvalue weighted by molar-refractivity contribution is 6.38. The Labute approximate surface area is 303 Å². The van der Waals surface area contributed by atoms with Crippen LogP contribution in [-0.2, 0) is 19.2 Å². The van der Waals surface area contributed by atoms with Gasteiger partial charge in [0.1, 0.15) is 17.8 Å². The normalized spacial score (nSPS) is 24.7. The van der Waals surface area contributed by atoms with E-state index in [1.54, 1.807) is 20.8 Å². The van der Waals surface area contributed by atoms with Crippen LogP contribution in [0.25, 0.3) is 0 Å². The number of hydrogen-bond acceptors (Lipinski definition) is 8. The zero-order chi connectivity index (χ0) is 37.8. The lowest BCUT2D eigenvalue weighted by Gasteiger charge is -2.43. The zero-order valence-corrected chi connectivity index (χ0v) is 30.6. The summed E-state index contributed by atoms with van der Waals surface area (Å²) in [4.78, 5) is 77.2. The van der Waals surface area contributed by atoms with Crippen LogP contribution in [0, 0.1) is 23.2 Å². The lowest BCUT2D eigenvalue weighted by atomic mass is 9.79. The topological polar surface area (TPSA) is 162 Å². The average molecular weight is 734 g/mol. The second-order valence-electron chi connectivity index (χ2n) is 16.2. The van der Waals surface area contributed by atoms with E-state index in [1.165, 1.54) is 23.5 Å². The molecule has 1 aliphatic heterocycles. The number of fused-ring (bicyclic) bond motifs is 1. The standard InChI is InChI=1S/C37H54F3N7O5/c1-5-10-25(29(48)34(51)43-23-15-16-23)44-33(50)28-24-14-9-13-22(24)20-47(28)35(52)31(36(2,3)4)46-30(37(38,39)40)27(21-11-7-6-8-12-21)45-32(49)26-19-41-17-18-42-26/h17-19,21-25,27-28,30-31,46H,5-16,20H2,1-4H3,(H,43,51)(H,44,50)(H,45,49)/t22-,24-,25-,27+,28-,30-,31+/m0/s1. The van der Waals surface area contributed by atoms with Gasteiger partial charge in [0.05, 0.1) is 24.3 Å². The molecule has 1 aromatic rings. The third kappa shape index (κ3) is 9.48. The van der Waals surface area contributed by atoms with Gasteiger partial charge >= 0.3 is 6.18 Å². The van der Waals surface area contributed by atoms with Gasteiger partial charge in [-0.25, -0.2) is 4.98 Å². The van der Waals surface area contributed by atoms with E-state index < -0.39 is 77.1 Å². The molecule has 0 aromatic carbocycles. The van der Waals surface area contributed by atoms with Crippen molar-refractivity contribution in [1.82, 2.24) is 36.1 Å². The van der Waals surface area contributed by atoms with E-state index >= 15 is 13.2 Å². The minimum atomic E-state index is -4.87. The Hall–Kier alpha value is -3.62. The Balaban J connectivity index is 1.43. The van der Waals surface area contributed by atoms with Gasteiger partial charge in [0.25, 0.3) is 11.8 Å². The van der Waals surface area contributed by atoms with E-state index in [0.717, 1.165) is 32.1 Å². The summed E-state index contributed by atoms with van der Waals surface area (Å²) in [6.07, 6.45) is 6.81. The molecule has 4 aliphatic rings. The predicted molar refractivity (Wildman–Crippen MR) is 185 cm³/mol. The van der Waals surface area contributed by atoms with Crippen LogP contribution in [0.1, 0.15) is 115 Å². The Bertz CT molecular complexity index is 1440. The number of carbonyl (C=O) groups excluding carboxylic acids is 5. The Morgan fingerprint density at radius 2 is 1.63 bits per heavy atom. The number of amides is 4. The molecule has 4 N–H and O–H groups in total. The van der Waals surface area contributed by atoms with Crippen molar-refractivity contribution in [3.05, 3.63) is 24.3 Å². The van der Waals surface area contributed by atoms with Crippen molar-refractivity contribution in [3.63, 3.8) is 0 Å². The number of rotatable bonds is 14. The first-order chi connectivity index (χ1) is 24.6.